The van der Waals surface area contributed by atoms with Gasteiger partial charge >= 0.3 is 0 Å². The van der Waals surface area contributed by atoms with Gasteiger partial charge in [0.05, 0.1) is 12.6 Å². The number of rotatable bonds is 4. The number of piperidine rings is 1. The molecular formula is C18H29ClN2O2. The highest BCUT2D eigenvalue weighted by Crippen LogP contribution is 2.23. The molecule has 0 saturated carbocycles. The zero-order chi connectivity index (χ0) is 16.2. The van der Waals surface area contributed by atoms with Crippen LogP contribution in [0.25, 0.3) is 0 Å². The van der Waals surface area contributed by atoms with E-state index in [9.17, 15) is 4.79 Å². The van der Waals surface area contributed by atoms with Gasteiger partial charge in [-0.15, -0.1) is 12.4 Å². The van der Waals surface area contributed by atoms with E-state index in [0.29, 0.717) is 5.92 Å². The lowest BCUT2D eigenvalue weighted by Gasteiger charge is -2.36. The van der Waals surface area contributed by atoms with Crippen LogP contribution in [0.3, 0.4) is 0 Å². The van der Waals surface area contributed by atoms with Crippen LogP contribution in [0.1, 0.15) is 33.6 Å². The molecule has 4 nitrogen and oxygen atoms in total. The van der Waals surface area contributed by atoms with Gasteiger partial charge in [0.25, 0.3) is 0 Å². The Morgan fingerprint density at radius 3 is 2.35 bits per heavy atom. The predicted octanol–water partition coefficient (Wildman–Crippen LogP) is 3.10. The summed E-state index contributed by atoms with van der Waals surface area (Å²) in [7, 11) is 0. The van der Waals surface area contributed by atoms with Crippen molar-refractivity contribution in [2.24, 2.45) is 17.1 Å². The first-order valence-electron chi connectivity index (χ1n) is 8.10. The Hall–Kier alpha value is -1.26. The van der Waals surface area contributed by atoms with Crippen LogP contribution in [0, 0.1) is 11.3 Å². The molecule has 0 bridgehead atoms. The number of nitrogens with zero attached hydrogens (tertiary/aromatic N) is 1. The molecule has 0 aliphatic carbocycles. The van der Waals surface area contributed by atoms with Gasteiger partial charge in [-0.2, -0.15) is 0 Å². The molecule has 0 spiro atoms. The van der Waals surface area contributed by atoms with Crippen molar-refractivity contribution in [1.29, 1.82) is 0 Å². The van der Waals surface area contributed by atoms with Crippen molar-refractivity contribution in [3.05, 3.63) is 30.3 Å². The Labute approximate surface area is 145 Å². The molecule has 2 N–H and O–H groups in total. The fraction of sp³-hybridized carbons (Fsp3) is 0.611. The molecule has 130 valence electrons. The number of carbonyl (C=O) groups is 1. The lowest BCUT2D eigenvalue weighted by atomic mass is 9.86. The average Bonchev–Trinajstić information content (AvgIpc) is 2.52. The smallest absolute Gasteiger partial charge is 0.240 e. The zero-order valence-corrected chi connectivity index (χ0v) is 15.1. The number of halogens is 1. The minimum Gasteiger partial charge on any atom is -0.493 e. The number of hydrogen-bond acceptors (Lipinski definition) is 3. The van der Waals surface area contributed by atoms with Crippen molar-refractivity contribution in [1.82, 2.24) is 4.90 Å². The van der Waals surface area contributed by atoms with Crippen molar-refractivity contribution in [2.45, 2.75) is 39.7 Å². The normalized spacial score (nSPS) is 17.3. The minimum atomic E-state index is -0.426. The topological polar surface area (TPSA) is 55.6 Å². The summed E-state index contributed by atoms with van der Waals surface area (Å²) >= 11 is 0. The number of nitrogens with two attached hydrogens (primary N) is 1. The van der Waals surface area contributed by atoms with E-state index in [2.05, 4.69) is 0 Å². The van der Waals surface area contributed by atoms with Crippen LogP contribution in [0.15, 0.2) is 30.3 Å². The molecule has 23 heavy (non-hydrogen) atoms. The van der Waals surface area contributed by atoms with Crippen LogP contribution >= 0.6 is 12.4 Å². The first-order chi connectivity index (χ1) is 10.4. The standard InChI is InChI=1S/C18H28N2O2.ClH/c1-18(2,3)16(19)17(21)20-11-9-14(10-12-20)13-22-15-7-5-4-6-8-15;/h4-8,14,16H,9-13,19H2,1-3H3;1H/t16-;/m1./s1. The Morgan fingerprint density at radius 2 is 1.83 bits per heavy atom. The summed E-state index contributed by atoms with van der Waals surface area (Å²) < 4.78 is 5.81. The third kappa shape index (κ3) is 5.70. The van der Waals surface area contributed by atoms with Crippen LogP contribution in [0.2, 0.25) is 0 Å². The number of ether oxygens (including phenoxy) is 1. The van der Waals surface area contributed by atoms with Crippen LogP contribution in [-0.4, -0.2) is 36.5 Å². The van der Waals surface area contributed by atoms with Crippen LogP contribution in [0.4, 0.5) is 0 Å². The molecule has 2 rings (SSSR count). The molecule has 1 fully saturated rings. The fourth-order valence-electron chi connectivity index (χ4n) is 2.62. The van der Waals surface area contributed by atoms with Gasteiger partial charge in [0.1, 0.15) is 5.75 Å². The van der Waals surface area contributed by atoms with Crippen molar-refractivity contribution in [3.8, 4) is 5.75 Å². The minimum absolute atomic E-state index is 0. The van der Waals surface area contributed by atoms with E-state index in [4.69, 9.17) is 10.5 Å². The second-order valence-corrected chi connectivity index (χ2v) is 7.24. The molecule has 0 aromatic heterocycles. The fourth-order valence-corrected chi connectivity index (χ4v) is 2.62. The number of benzene rings is 1. The summed E-state index contributed by atoms with van der Waals surface area (Å²) in [5.74, 6) is 1.50. The lowest BCUT2D eigenvalue weighted by Crippen LogP contribution is -2.52. The summed E-state index contributed by atoms with van der Waals surface area (Å²) in [5.41, 5.74) is 5.89. The molecule has 1 saturated heterocycles. The molecule has 0 unspecified atom stereocenters. The van der Waals surface area contributed by atoms with Crippen molar-refractivity contribution >= 4 is 18.3 Å². The molecule has 1 aliphatic rings. The van der Waals surface area contributed by atoms with E-state index >= 15 is 0 Å². The first kappa shape index (κ1) is 19.8. The number of carbonyl (C=O) groups excluding carboxylic acids is 1. The van der Waals surface area contributed by atoms with Crippen LogP contribution < -0.4 is 10.5 Å². The Bertz CT molecular complexity index is 480. The SMILES string of the molecule is CC(C)(C)[C@H](N)C(=O)N1CCC(COc2ccccc2)CC1.Cl. The van der Waals surface area contributed by atoms with Gasteiger partial charge in [0.15, 0.2) is 0 Å². The molecule has 0 radical (unpaired) electrons. The molecule has 1 aliphatic heterocycles. The predicted molar refractivity (Wildman–Crippen MR) is 95.9 cm³/mol. The summed E-state index contributed by atoms with van der Waals surface area (Å²) in [6, 6.07) is 9.46. The van der Waals surface area contributed by atoms with Gasteiger partial charge in [-0.1, -0.05) is 39.0 Å². The van der Waals surface area contributed by atoms with E-state index in [1.807, 2.05) is 56.0 Å². The van der Waals surface area contributed by atoms with Crippen LogP contribution in [-0.2, 0) is 4.79 Å². The van der Waals surface area contributed by atoms with Crippen molar-refractivity contribution in [2.75, 3.05) is 19.7 Å². The average molecular weight is 341 g/mol. The highest BCUT2D eigenvalue weighted by atomic mass is 35.5. The number of likely N-dealkylation sites (tertiary alicyclic amines) is 1. The quantitative estimate of drug-likeness (QED) is 0.916. The second kappa shape index (κ2) is 8.55. The summed E-state index contributed by atoms with van der Waals surface area (Å²) in [5, 5.41) is 0. The van der Waals surface area contributed by atoms with E-state index in [-0.39, 0.29) is 23.7 Å². The van der Waals surface area contributed by atoms with E-state index in [0.717, 1.165) is 38.3 Å². The maximum Gasteiger partial charge on any atom is 0.240 e. The first-order valence-corrected chi connectivity index (χ1v) is 8.10. The molecule has 1 atom stereocenters. The van der Waals surface area contributed by atoms with Crippen molar-refractivity contribution < 1.29 is 9.53 Å². The molecule has 1 heterocycles. The summed E-state index contributed by atoms with van der Waals surface area (Å²) in [4.78, 5) is 14.3. The number of para-hydroxylation sites is 1. The van der Waals surface area contributed by atoms with Crippen molar-refractivity contribution in [3.63, 3.8) is 0 Å². The van der Waals surface area contributed by atoms with Crippen LogP contribution in [0.5, 0.6) is 5.75 Å². The molecular weight excluding hydrogens is 312 g/mol. The Morgan fingerprint density at radius 1 is 1.26 bits per heavy atom. The zero-order valence-electron chi connectivity index (χ0n) is 14.3. The molecule has 1 aromatic rings. The van der Waals surface area contributed by atoms with Gasteiger partial charge in [-0.05, 0) is 36.3 Å². The lowest BCUT2D eigenvalue weighted by molar-refractivity contribution is -0.136. The van der Waals surface area contributed by atoms with E-state index < -0.39 is 6.04 Å². The summed E-state index contributed by atoms with van der Waals surface area (Å²) in [6.45, 7) is 8.32. The number of hydrogen-bond donors (Lipinski definition) is 1. The number of amides is 1. The van der Waals surface area contributed by atoms with E-state index in [1.54, 1.807) is 0 Å². The van der Waals surface area contributed by atoms with E-state index in [1.165, 1.54) is 0 Å². The third-order valence-electron chi connectivity index (χ3n) is 4.35. The van der Waals surface area contributed by atoms with Gasteiger partial charge in [0.2, 0.25) is 5.91 Å². The summed E-state index contributed by atoms with van der Waals surface area (Å²) in [6.07, 6.45) is 1.96. The largest absolute Gasteiger partial charge is 0.493 e. The Kier molecular flexibility index (Phi) is 7.36. The van der Waals surface area contributed by atoms with Gasteiger partial charge < -0.3 is 15.4 Å². The highest BCUT2D eigenvalue weighted by molar-refractivity contribution is 5.85. The van der Waals surface area contributed by atoms with Gasteiger partial charge in [-0.25, -0.2) is 0 Å². The molecule has 1 amide bonds. The third-order valence-corrected chi connectivity index (χ3v) is 4.35. The second-order valence-electron chi connectivity index (χ2n) is 7.24. The maximum absolute atomic E-state index is 12.4. The monoisotopic (exact) mass is 340 g/mol. The highest BCUT2D eigenvalue weighted by Gasteiger charge is 2.32. The molecule has 5 heteroatoms. The molecule has 1 aromatic carbocycles. The maximum atomic E-state index is 12.4. The van der Waals surface area contributed by atoms with Gasteiger partial charge in [0, 0.05) is 13.1 Å². The Balaban J connectivity index is 0.00000264. The van der Waals surface area contributed by atoms with Gasteiger partial charge in [-0.3, -0.25) is 4.79 Å².